The highest BCUT2D eigenvalue weighted by Gasteiger charge is 2.28. The predicted molar refractivity (Wildman–Crippen MR) is 131 cm³/mol. The molecule has 170 valence electrons. The summed E-state index contributed by atoms with van der Waals surface area (Å²) in [6.07, 6.45) is 9.96. The molecule has 0 radical (unpaired) electrons. The number of aromatic nitrogens is 4. The third-order valence-corrected chi connectivity index (χ3v) is 6.50. The molecular formula is C26H30N6O. The maximum absolute atomic E-state index is 5.50. The Balaban J connectivity index is 1.41. The summed E-state index contributed by atoms with van der Waals surface area (Å²) in [5.41, 5.74) is 4.66. The Morgan fingerprint density at radius 1 is 1.21 bits per heavy atom. The molecule has 1 aromatic carbocycles. The number of pyridine rings is 1. The predicted octanol–water partition coefficient (Wildman–Crippen LogP) is 5.24. The van der Waals surface area contributed by atoms with Crippen molar-refractivity contribution in [2.45, 2.75) is 45.8 Å². The van der Waals surface area contributed by atoms with Crippen LogP contribution in [0.25, 0.3) is 10.9 Å². The summed E-state index contributed by atoms with van der Waals surface area (Å²) in [4.78, 5) is 16.3. The minimum Gasteiger partial charge on any atom is -0.497 e. The number of nitrogens with one attached hydrogen (secondary N) is 1. The van der Waals surface area contributed by atoms with E-state index in [4.69, 9.17) is 9.72 Å². The number of nitrogens with zero attached hydrogens (tertiary/aromatic N) is 5. The highest BCUT2D eigenvalue weighted by atomic mass is 16.5. The van der Waals surface area contributed by atoms with Crippen LogP contribution in [0, 0.1) is 6.92 Å². The molecule has 33 heavy (non-hydrogen) atoms. The SMILES string of the molecule is CCn1cc(CN2CCC[C@H]2c2cncc(Nc3ncccc3C)n2)c2cc(OC)ccc21. The van der Waals surface area contributed by atoms with Crippen LogP contribution in [0.2, 0.25) is 0 Å². The van der Waals surface area contributed by atoms with Gasteiger partial charge < -0.3 is 14.6 Å². The largest absolute Gasteiger partial charge is 0.497 e. The molecule has 4 heterocycles. The maximum atomic E-state index is 5.50. The van der Waals surface area contributed by atoms with Gasteiger partial charge in [-0.2, -0.15) is 0 Å². The van der Waals surface area contributed by atoms with Crippen LogP contribution >= 0.6 is 0 Å². The summed E-state index contributed by atoms with van der Waals surface area (Å²) in [5.74, 6) is 2.44. The van der Waals surface area contributed by atoms with Crippen LogP contribution in [0.3, 0.4) is 0 Å². The van der Waals surface area contributed by atoms with Gasteiger partial charge in [0.25, 0.3) is 0 Å². The molecule has 0 spiro atoms. The number of ether oxygens (including phenoxy) is 1. The number of hydrogen-bond acceptors (Lipinski definition) is 6. The second kappa shape index (κ2) is 9.19. The average Bonchev–Trinajstić information content (AvgIpc) is 3.45. The Labute approximate surface area is 194 Å². The molecule has 5 rings (SSSR count). The van der Waals surface area contributed by atoms with Crippen molar-refractivity contribution in [3.63, 3.8) is 0 Å². The monoisotopic (exact) mass is 442 g/mol. The van der Waals surface area contributed by atoms with Crippen molar-refractivity contribution in [3.05, 3.63) is 71.9 Å². The number of methoxy groups -OCH3 is 1. The topological polar surface area (TPSA) is 68.1 Å². The summed E-state index contributed by atoms with van der Waals surface area (Å²) in [5, 5.41) is 4.59. The van der Waals surface area contributed by atoms with Gasteiger partial charge in [0.2, 0.25) is 0 Å². The van der Waals surface area contributed by atoms with E-state index in [0.29, 0.717) is 0 Å². The van der Waals surface area contributed by atoms with Crippen LogP contribution in [0.1, 0.15) is 42.6 Å². The number of benzene rings is 1. The van der Waals surface area contributed by atoms with Gasteiger partial charge in [0, 0.05) is 36.4 Å². The van der Waals surface area contributed by atoms with E-state index in [0.717, 1.165) is 61.1 Å². The van der Waals surface area contributed by atoms with Crippen molar-refractivity contribution in [1.29, 1.82) is 0 Å². The lowest BCUT2D eigenvalue weighted by molar-refractivity contribution is 0.245. The van der Waals surface area contributed by atoms with E-state index in [1.807, 2.05) is 31.3 Å². The van der Waals surface area contributed by atoms with E-state index in [9.17, 15) is 0 Å². The molecule has 7 nitrogen and oxygen atoms in total. The van der Waals surface area contributed by atoms with Crippen molar-refractivity contribution in [1.82, 2.24) is 24.4 Å². The number of fused-ring (bicyclic) bond motifs is 1. The van der Waals surface area contributed by atoms with E-state index < -0.39 is 0 Å². The third kappa shape index (κ3) is 4.28. The standard InChI is InChI=1S/C26H30N6O/c1-4-31-16-19(21-13-20(33-3)9-10-23(21)31)17-32-12-6-8-24(32)22-14-27-15-25(29-22)30-26-18(2)7-5-11-28-26/h5,7,9-11,13-16,24H,4,6,8,12,17H2,1-3H3,(H,28,29,30)/t24-/m0/s1. The first-order valence-electron chi connectivity index (χ1n) is 11.6. The van der Waals surface area contributed by atoms with Gasteiger partial charge in [-0.25, -0.2) is 9.97 Å². The lowest BCUT2D eigenvalue weighted by Crippen LogP contribution is -2.23. The van der Waals surface area contributed by atoms with Crippen molar-refractivity contribution in [3.8, 4) is 5.75 Å². The first kappa shape index (κ1) is 21.4. The van der Waals surface area contributed by atoms with E-state index in [1.165, 1.54) is 16.5 Å². The van der Waals surface area contributed by atoms with E-state index in [-0.39, 0.29) is 6.04 Å². The number of rotatable bonds is 7. The molecule has 0 unspecified atom stereocenters. The summed E-state index contributed by atoms with van der Waals surface area (Å²) in [6, 6.07) is 10.6. The molecule has 1 aliphatic rings. The number of anilines is 2. The zero-order chi connectivity index (χ0) is 22.8. The first-order valence-corrected chi connectivity index (χ1v) is 11.6. The Kier molecular flexibility index (Phi) is 5.96. The van der Waals surface area contributed by atoms with Crippen molar-refractivity contribution in [2.24, 2.45) is 0 Å². The molecule has 7 heteroatoms. The van der Waals surface area contributed by atoms with E-state index in [2.05, 4.69) is 50.0 Å². The minimum absolute atomic E-state index is 0.245. The second-order valence-corrected chi connectivity index (χ2v) is 8.58. The maximum Gasteiger partial charge on any atom is 0.150 e. The summed E-state index contributed by atoms with van der Waals surface area (Å²) in [7, 11) is 1.72. The number of hydrogen-bond donors (Lipinski definition) is 1. The van der Waals surface area contributed by atoms with E-state index in [1.54, 1.807) is 19.5 Å². The van der Waals surface area contributed by atoms with Gasteiger partial charge in [-0.05, 0) is 68.6 Å². The Morgan fingerprint density at radius 3 is 2.94 bits per heavy atom. The summed E-state index contributed by atoms with van der Waals surface area (Å²) >= 11 is 0. The fraction of sp³-hybridized carbons (Fsp3) is 0.346. The van der Waals surface area contributed by atoms with Gasteiger partial charge in [-0.1, -0.05) is 6.07 Å². The highest BCUT2D eigenvalue weighted by Crippen LogP contribution is 2.35. The first-order chi connectivity index (χ1) is 16.2. The fourth-order valence-electron chi connectivity index (χ4n) is 4.77. The lowest BCUT2D eigenvalue weighted by atomic mass is 10.1. The number of likely N-dealkylation sites (tertiary alicyclic amines) is 1. The van der Waals surface area contributed by atoms with Crippen LogP contribution in [-0.4, -0.2) is 38.1 Å². The quantitative estimate of drug-likeness (QED) is 0.422. The minimum atomic E-state index is 0.245. The molecule has 1 fully saturated rings. The van der Waals surface area contributed by atoms with Crippen molar-refractivity contribution >= 4 is 22.5 Å². The molecule has 1 aliphatic heterocycles. The molecule has 0 saturated carbocycles. The van der Waals surface area contributed by atoms with Crippen LogP contribution in [0.5, 0.6) is 5.75 Å². The molecule has 4 aromatic rings. The second-order valence-electron chi connectivity index (χ2n) is 8.58. The van der Waals surface area contributed by atoms with Gasteiger partial charge in [-0.15, -0.1) is 0 Å². The Hall–Kier alpha value is -3.45. The van der Waals surface area contributed by atoms with E-state index >= 15 is 0 Å². The van der Waals surface area contributed by atoms with Crippen LogP contribution in [-0.2, 0) is 13.1 Å². The molecular weight excluding hydrogens is 412 g/mol. The lowest BCUT2D eigenvalue weighted by Gasteiger charge is -2.24. The van der Waals surface area contributed by atoms with Crippen LogP contribution in [0.4, 0.5) is 11.6 Å². The molecule has 1 N–H and O–H groups in total. The van der Waals surface area contributed by atoms with Gasteiger partial charge in [0.1, 0.15) is 17.4 Å². The van der Waals surface area contributed by atoms with Gasteiger partial charge in [-0.3, -0.25) is 9.88 Å². The summed E-state index contributed by atoms with van der Waals surface area (Å²) < 4.78 is 7.81. The van der Waals surface area contributed by atoms with Crippen LogP contribution < -0.4 is 10.1 Å². The Morgan fingerprint density at radius 2 is 2.12 bits per heavy atom. The highest BCUT2D eigenvalue weighted by molar-refractivity contribution is 5.85. The molecule has 0 aliphatic carbocycles. The molecule has 1 atom stereocenters. The fourth-order valence-corrected chi connectivity index (χ4v) is 4.77. The third-order valence-electron chi connectivity index (χ3n) is 6.50. The average molecular weight is 443 g/mol. The van der Waals surface area contributed by atoms with Crippen molar-refractivity contribution < 1.29 is 4.74 Å². The summed E-state index contributed by atoms with van der Waals surface area (Å²) in [6.45, 7) is 7.08. The van der Waals surface area contributed by atoms with Crippen LogP contribution in [0.15, 0.2) is 55.1 Å². The molecule has 3 aromatic heterocycles. The zero-order valence-electron chi connectivity index (χ0n) is 19.5. The van der Waals surface area contributed by atoms with Gasteiger partial charge in [0.15, 0.2) is 0 Å². The normalized spacial score (nSPS) is 16.4. The Bertz CT molecular complexity index is 1270. The molecule has 0 bridgehead atoms. The zero-order valence-corrected chi connectivity index (χ0v) is 19.5. The van der Waals surface area contributed by atoms with Crippen molar-refractivity contribution in [2.75, 3.05) is 19.0 Å². The van der Waals surface area contributed by atoms with Gasteiger partial charge >= 0.3 is 0 Å². The number of aryl methyl sites for hydroxylation is 2. The molecule has 0 amide bonds. The van der Waals surface area contributed by atoms with Gasteiger partial charge in [0.05, 0.1) is 31.2 Å². The smallest absolute Gasteiger partial charge is 0.150 e. The molecule has 1 saturated heterocycles.